The lowest BCUT2D eigenvalue weighted by atomic mass is 10.2. The van der Waals surface area contributed by atoms with Crippen LogP contribution in [-0.2, 0) is 20.0 Å². The van der Waals surface area contributed by atoms with Crippen molar-refractivity contribution in [2.24, 2.45) is 17.9 Å². The summed E-state index contributed by atoms with van der Waals surface area (Å²) in [5, 5.41) is 17.1. The first-order valence-corrected chi connectivity index (χ1v) is 6.88. The Balaban J connectivity index is 2.19. The molecule has 0 spiro atoms. The lowest BCUT2D eigenvalue weighted by molar-refractivity contribution is 0.269. The summed E-state index contributed by atoms with van der Waals surface area (Å²) in [5.74, 6) is 0.270. The van der Waals surface area contributed by atoms with Crippen LogP contribution in [0, 0.1) is 0 Å². The minimum absolute atomic E-state index is 0.0129. The topological polar surface area (TPSA) is 79.7 Å². The van der Waals surface area contributed by atoms with E-state index in [1.54, 1.807) is 0 Å². The van der Waals surface area contributed by atoms with Crippen LogP contribution in [0.5, 0.6) is 0 Å². The van der Waals surface area contributed by atoms with E-state index in [1.165, 1.54) is 0 Å². The number of hydrogen-bond donors (Lipinski definition) is 2. The van der Waals surface area contributed by atoms with E-state index in [2.05, 4.69) is 15.2 Å². The predicted octanol–water partition coefficient (Wildman–Crippen LogP) is 1.35. The number of nitrogens with two attached hydrogens (primary N) is 1. The first-order valence-electron chi connectivity index (χ1n) is 6.50. The van der Waals surface area contributed by atoms with E-state index in [0.717, 1.165) is 42.2 Å². The summed E-state index contributed by atoms with van der Waals surface area (Å²) in [7, 11) is 1.90. The number of likely N-dealkylation sites (tertiary alicyclic amines) is 1. The SMILES string of the molecule is CCc1nn(C)c(CN2CCCC2C(N)=NO)c1Cl. The zero-order valence-corrected chi connectivity index (χ0v) is 12.1. The largest absolute Gasteiger partial charge is 0.409 e. The molecule has 2 heterocycles. The van der Waals surface area contributed by atoms with Crippen molar-refractivity contribution in [2.75, 3.05) is 6.54 Å². The van der Waals surface area contributed by atoms with E-state index in [1.807, 2.05) is 18.7 Å². The zero-order valence-electron chi connectivity index (χ0n) is 11.3. The normalized spacial score (nSPS) is 21.2. The number of rotatable bonds is 4. The van der Waals surface area contributed by atoms with Crippen molar-refractivity contribution in [3.63, 3.8) is 0 Å². The van der Waals surface area contributed by atoms with Crippen molar-refractivity contribution in [1.29, 1.82) is 0 Å². The van der Waals surface area contributed by atoms with Gasteiger partial charge >= 0.3 is 0 Å². The Morgan fingerprint density at radius 2 is 2.37 bits per heavy atom. The Labute approximate surface area is 117 Å². The molecule has 106 valence electrons. The average molecular weight is 286 g/mol. The molecule has 3 N–H and O–H groups in total. The van der Waals surface area contributed by atoms with Crippen LogP contribution < -0.4 is 5.73 Å². The van der Waals surface area contributed by atoms with Crippen molar-refractivity contribution in [1.82, 2.24) is 14.7 Å². The van der Waals surface area contributed by atoms with Crippen LogP contribution in [0.2, 0.25) is 5.02 Å². The van der Waals surface area contributed by atoms with Gasteiger partial charge in [-0.25, -0.2) is 0 Å². The molecule has 1 aliphatic rings. The van der Waals surface area contributed by atoms with Gasteiger partial charge in [-0.15, -0.1) is 0 Å². The van der Waals surface area contributed by atoms with Crippen LogP contribution in [0.1, 0.15) is 31.2 Å². The summed E-state index contributed by atoms with van der Waals surface area (Å²) in [6, 6.07) is -0.0129. The van der Waals surface area contributed by atoms with Gasteiger partial charge in [0.1, 0.15) is 0 Å². The van der Waals surface area contributed by atoms with Crippen molar-refractivity contribution >= 4 is 17.4 Å². The highest BCUT2D eigenvalue weighted by Gasteiger charge is 2.29. The first kappa shape index (κ1) is 14.1. The van der Waals surface area contributed by atoms with E-state index < -0.39 is 0 Å². The summed E-state index contributed by atoms with van der Waals surface area (Å²) in [6.07, 6.45) is 2.76. The predicted molar refractivity (Wildman–Crippen MR) is 74.4 cm³/mol. The van der Waals surface area contributed by atoms with E-state index in [4.69, 9.17) is 22.5 Å². The van der Waals surface area contributed by atoms with Gasteiger partial charge in [-0.05, 0) is 25.8 Å². The highest BCUT2D eigenvalue weighted by Crippen LogP contribution is 2.26. The Morgan fingerprint density at radius 1 is 1.63 bits per heavy atom. The maximum Gasteiger partial charge on any atom is 0.156 e. The molecule has 1 aromatic heterocycles. The molecule has 1 atom stereocenters. The number of halogens is 1. The van der Waals surface area contributed by atoms with Crippen molar-refractivity contribution in [3.05, 3.63) is 16.4 Å². The third kappa shape index (κ3) is 2.69. The molecule has 1 fully saturated rings. The molecule has 1 saturated heterocycles. The van der Waals surface area contributed by atoms with Crippen LogP contribution in [0.3, 0.4) is 0 Å². The molecule has 0 bridgehead atoms. The van der Waals surface area contributed by atoms with Gasteiger partial charge in [0.25, 0.3) is 0 Å². The smallest absolute Gasteiger partial charge is 0.156 e. The van der Waals surface area contributed by atoms with Gasteiger partial charge in [-0.1, -0.05) is 23.7 Å². The maximum atomic E-state index is 8.82. The van der Waals surface area contributed by atoms with E-state index >= 15 is 0 Å². The highest BCUT2D eigenvalue weighted by atomic mass is 35.5. The molecule has 1 aromatic rings. The van der Waals surface area contributed by atoms with E-state index in [9.17, 15) is 0 Å². The van der Waals surface area contributed by atoms with Gasteiger partial charge in [-0.2, -0.15) is 5.10 Å². The number of nitrogens with zero attached hydrogens (tertiary/aromatic N) is 4. The number of oxime groups is 1. The summed E-state index contributed by atoms with van der Waals surface area (Å²) >= 11 is 6.35. The van der Waals surface area contributed by atoms with Gasteiger partial charge in [-0.3, -0.25) is 9.58 Å². The number of aryl methyl sites for hydroxylation is 2. The number of aromatic nitrogens is 2. The number of hydrogen-bond acceptors (Lipinski definition) is 4. The molecule has 19 heavy (non-hydrogen) atoms. The van der Waals surface area contributed by atoms with Gasteiger partial charge in [0.05, 0.1) is 22.5 Å². The van der Waals surface area contributed by atoms with Crippen LogP contribution in [-0.4, -0.2) is 38.3 Å². The van der Waals surface area contributed by atoms with Crippen molar-refractivity contribution in [2.45, 2.75) is 38.8 Å². The molecule has 1 aliphatic heterocycles. The fraction of sp³-hybridized carbons (Fsp3) is 0.667. The second kappa shape index (κ2) is 5.79. The van der Waals surface area contributed by atoms with Crippen molar-refractivity contribution < 1.29 is 5.21 Å². The summed E-state index contributed by atoms with van der Waals surface area (Å²) in [5.41, 5.74) is 7.63. The minimum atomic E-state index is -0.0129. The third-order valence-corrected chi connectivity index (χ3v) is 4.11. The van der Waals surface area contributed by atoms with Gasteiger partial charge in [0.2, 0.25) is 0 Å². The molecule has 7 heteroatoms. The Bertz CT molecular complexity index is 485. The van der Waals surface area contributed by atoms with E-state index in [-0.39, 0.29) is 11.9 Å². The fourth-order valence-electron chi connectivity index (χ4n) is 2.60. The molecule has 0 aromatic carbocycles. The quantitative estimate of drug-likeness (QED) is 0.379. The summed E-state index contributed by atoms with van der Waals surface area (Å²) in [4.78, 5) is 2.18. The van der Waals surface area contributed by atoms with Crippen LogP contribution in [0.25, 0.3) is 0 Å². The lowest BCUT2D eigenvalue weighted by Gasteiger charge is -2.23. The highest BCUT2D eigenvalue weighted by molar-refractivity contribution is 6.31. The molecule has 0 aliphatic carbocycles. The summed E-state index contributed by atoms with van der Waals surface area (Å²) < 4.78 is 1.82. The monoisotopic (exact) mass is 285 g/mol. The Morgan fingerprint density at radius 3 is 2.95 bits per heavy atom. The third-order valence-electron chi connectivity index (χ3n) is 3.68. The Hall–Kier alpha value is -1.27. The molecule has 0 amide bonds. The van der Waals surface area contributed by atoms with Crippen LogP contribution in [0.15, 0.2) is 5.16 Å². The molecular weight excluding hydrogens is 266 g/mol. The van der Waals surface area contributed by atoms with E-state index in [0.29, 0.717) is 6.54 Å². The number of amidine groups is 1. The second-order valence-electron chi connectivity index (χ2n) is 4.84. The maximum absolute atomic E-state index is 8.82. The zero-order chi connectivity index (χ0) is 14.0. The second-order valence-corrected chi connectivity index (χ2v) is 5.22. The molecule has 2 rings (SSSR count). The van der Waals surface area contributed by atoms with Crippen LogP contribution >= 0.6 is 11.6 Å². The molecule has 0 radical (unpaired) electrons. The van der Waals surface area contributed by atoms with Crippen LogP contribution in [0.4, 0.5) is 0 Å². The molecular formula is C12H20ClN5O. The van der Waals surface area contributed by atoms with Gasteiger partial charge in [0, 0.05) is 13.6 Å². The standard InChI is InChI=1S/C12H20ClN5O/c1-3-8-11(13)10(17(2)15-8)7-18-6-4-5-9(18)12(14)16-19/h9,19H,3-7H2,1-2H3,(H2,14,16). The van der Waals surface area contributed by atoms with Gasteiger partial charge < -0.3 is 10.9 Å². The van der Waals surface area contributed by atoms with Gasteiger partial charge in [0.15, 0.2) is 5.84 Å². The first-order chi connectivity index (χ1) is 9.08. The minimum Gasteiger partial charge on any atom is -0.409 e. The molecule has 0 saturated carbocycles. The fourth-order valence-corrected chi connectivity index (χ4v) is 2.95. The lowest BCUT2D eigenvalue weighted by Crippen LogP contribution is -2.40. The molecule has 1 unspecified atom stereocenters. The Kier molecular flexibility index (Phi) is 4.31. The summed E-state index contributed by atoms with van der Waals surface area (Å²) in [6.45, 7) is 3.63. The average Bonchev–Trinajstić information content (AvgIpc) is 2.97. The van der Waals surface area contributed by atoms with Crippen molar-refractivity contribution in [3.8, 4) is 0 Å². The molecule has 6 nitrogen and oxygen atoms in total.